The highest BCUT2D eigenvalue weighted by atomic mass is 35.5. The van der Waals surface area contributed by atoms with Gasteiger partial charge in [0, 0.05) is 19.3 Å². The number of hydrogen-bond acceptors (Lipinski definition) is 4. The van der Waals surface area contributed by atoms with Crippen molar-refractivity contribution in [1.29, 1.82) is 0 Å². The van der Waals surface area contributed by atoms with Gasteiger partial charge in [-0.05, 0) is 43.0 Å². The van der Waals surface area contributed by atoms with Crippen LogP contribution in [0, 0.1) is 5.92 Å². The Hall–Kier alpha value is -3.11. The first-order chi connectivity index (χ1) is 16.8. The Morgan fingerprint density at radius 2 is 1.81 bits per heavy atom. The number of carbonyl (C=O) groups is 2. The summed E-state index contributed by atoms with van der Waals surface area (Å²) < 4.78 is 45.3. The van der Waals surface area contributed by atoms with Gasteiger partial charge in [-0.15, -0.1) is 12.4 Å². The van der Waals surface area contributed by atoms with E-state index in [1.807, 2.05) is 0 Å². The van der Waals surface area contributed by atoms with Crippen LogP contribution < -0.4 is 10.6 Å². The number of anilines is 1. The number of ether oxygens (including phenoxy) is 1. The molecule has 1 heterocycles. The number of halogens is 4. The Balaban J connectivity index is 0.00000361. The first kappa shape index (κ1) is 27.5. The fourth-order valence-electron chi connectivity index (χ4n) is 4.47. The second-order valence-electron chi connectivity index (χ2n) is 8.75. The summed E-state index contributed by atoms with van der Waals surface area (Å²) >= 11 is 0. The topological polar surface area (TPSA) is 96.1 Å². The van der Waals surface area contributed by atoms with Crippen molar-refractivity contribution in [2.75, 3.05) is 19.0 Å². The molecule has 0 saturated heterocycles. The van der Waals surface area contributed by atoms with E-state index in [2.05, 4.69) is 20.6 Å². The van der Waals surface area contributed by atoms with Gasteiger partial charge in [0.1, 0.15) is 17.9 Å². The van der Waals surface area contributed by atoms with E-state index in [0.29, 0.717) is 29.3 Å². The van der Waals surface area contributed by atoms with E-state index in [9.17, 15) is 22.8 Å². The molecule has 36 heavy (non-hydrogen) atoms. The summed E-state index contributed by atoms with van der Waals surface area (Å²) in [6.07, 6.45) is 0.937. The number of amides is 2. The number of aromatic amines is 1. The molecule has 3 aromatic rings. The van der Waals surface area contributed by atoms with Gasteiger partial charge >= 0.3 is 6.18 Å². The molecule has 7 nitrogen and oxygen atoms in total. The van der Waals surface area contributed by atoms with Gasteiger partial charge in [-0.2, -0.15) is 13.2 Å². The van der Waals surface area contributed by atoms with E-state index < -0.39 is 23.2 Å². The van der Waals surface area contributed by atoms with Gasteiger partial charge in [0.2, 0.25) is 0 Å². The Bertz CT molecular complexity index is 1220. The van der Waals surface area contributed by atoms with E-state index in [0.717, 1.165) is 37.8 Å². The molecule has 1 aliphatic rings. The molecule has 0 bridgehead atoms. The van der Waals surface area contributed by atoms with E-state index in [-0.39, 0.29) is 36.2 Å². The first-order valence-electron chi connectivity index (χ1n) is 11.5. The molecule has 0 atom stereocenters. The van der Waals surface area contributed by atoms with Gasteiger partial charge in [0.05, 0.1) is 22.2 Å². The number of benzene rings is 2. The zero-order valence-electron chi connectivity index (χ0n) is 19.7. The lowest BCUT2D eigenvalue weighted by atomic mass is 9.89. The molecule has 1 saturated carbocycles. The van der Waals surface area contributed by atoms with Crippen molar-refractivity contribution in [1.82, 2.24) is 15.3 Å². The number of alkyl halides is 3. The van der Waals surface area contributed by atoms with Gasteiger partial charge in [-0.3, -0.25) is 9.59 Å². The third-order valence-corrected chi connectivity index (χ3v) is 6.17. The molecule has 0 aliphatic heterocycles. The quantitative estimate of drug-likeness (QED) is 0.369. The van der Waals surface area contributed by atoms with Crippen molar-refractivity contribution in [3.8, 4) is 0 Å². The van der Waals surface area contributed by atoms with Crippen LogP contribution in [0.4, 0.5) is 18.9 Å². The third kappa shape index (κ3) is 6.36. The molecular weight excluding hydrogens is 497 g/mol. The van der Waals surface area contributed by atoms with Crippen LogP contribution in [0.15, 0.2) is 36.4 Å². The average Bonchev–Trinajstić information content (AvgIpc) is 3.24. The molecule has 0 radical (unpaired) electrons. The van der Waals surface area contributed by atoms with Crippen LogP contribution in [0.2, 0.25) is 0 Å². The zero-order valence-corrected chi connectivity index (χ0v) is 20.5. The zero-order chi connectivity index (χ0) is 25.0. The maximum absolute atomic E-state index is 13.4. The Labute approximate surface area is 212 Å². The summed E-state index contributed by atoms with van der Waals surface area (Å²) in [5, 5.41) is 5.46. The molecule has 1 fully saturated rings. The normalized spacial score (nSPS) is 14.3. The first-order valence-corrected chi connectivity index (χ1v) is 11.5. The maximum atomic E-state index is 13.4. The minimum atomic E-state index is -4.68. The van der Waals surface area contributed by atoms with Crippen molar-refractivity contribution in [3.05, 3.63) is 58.9 Å². The van der Waals surface area contributed by atoms with Crippen molar-refractivity contribution in [2.45, 2.75) is 44.9 Å². The molecule has 1 aliphatic carbocycles. The SMILES string of the molecule is COCc1nc2c(C(=O)NCC3CCCCC3)cc(NC(=O)c3ccccc3C(F)(F)F)cc2[nH]1.Cl. The standard InChI is InChI=1S/C25H27F3N4O3.ClH/c1-35-14-21-31-20-12-16(30-24(34)17-9-5-6-10-19(17)25(26,27)28)11-18(22(20)32-21)23(33)29-13-15-7-3-2-4-8-15;/h5-6,9-12,15H,2-4,7-8,13-14H2,1H3,(H,29,33)(H,30,34)(H,31,32);1H. The Morgan fingerprint density at radius 3 is 2.50 bits per heavy atom. The van der Waals surface area contributed by atoms with Gasteiger partial charge in [0.15, 0.2) is 0 Å². The third-order valence-electron chi connectivity index (χ3n) is 6.17. The van der Waals surface area contributed by atoms with Crippen LogP contribution in [0.1, 0.15) is 64.2 Å². The number of imidazole rings is 1. The Kier molecular flexibility index (Phi) is 8.97. The van der Waals surface area contributed by atoms with Crippen molar-refractivity contribution >= 4 is 40.9 Å². The summed E-state index contributed by atoms with van der Waals surface area (Å²) in [4.78, 5) is 33.4. The van der Waals surface area contributed by atoms with Crippen LogP contribution in [0.3, 0.4) is 0 Å². The molecule has 2 amide bonds. The van der Waals surface area contributed by atoms with E-state index in [1.165, 1.54) is 37.8 Å². The molecule has 1 aromatic heterocycles. The molecule has 0 spiro atoms. The fraction of sp³-hybridized carbons (Fsp3) is 0.400. The van der Waals surface area contributed by atoms with Gasteiger partial charge in [-0.1, -0.05) is 31.4 Å². The maximum Gasteiger partial charge on any atom is 0.417 e. The second kappa shape index (κ2) is 11.7. The predicted molar refractivity (Wildman–Crippen MR) is 132 cm³/mol. The number of nitrogens with zero attached hydrogens (tertiary/aromatic N) is 1. The lowest BCUT2D eigenvalue weighted by Crippen LogP contribution is -2.30. The molecule has 3 N–H and O–H groups in total. The highest BCUT2D eigenvalue weighted by molar-refractivity contribution is 6.10. The van der Waals surface area contributed by atoms with Crippen LogP contribution >= 0.6 is 12.4 Å². The number of hydrogen-bond donors (Lipinski definition) is 3. The summed E-state index contributed by atoms with van der Waals surface area (Å²) in [7, 11) is 1.51. The minimum absolute atomic E-state index is 0. The van der Waals surface area contributed by atoms with E-state index in [1.54, 1.807) is 0 Å². The highest BCUT2D eigenvalue weighted by Gasteiger charge is 2.35. The van der Waals surface area contributed by atoms with E-state index in [4.69, 9.17) is 4.74 Å². The lowest BCUT2D eigenvalue weighted by molar-refractivity contribution is -0.137. The summed E-state index contributed by atoms with van der Waals surface area (Å²) in [6.45, 7) is 0.712. The number of aromatic nitrogens is 2. The lowest BCUT2D eigenvalue weighted by Gasteiger charge is -2.21. The molecule has 194 valence electrons. The number of H-pyrrole nitrogens is 1. The summed E-state index contributed by atoms with van der Waals surface area (Å²) in [6, 6.07) is 7.53. The van der Waals surface area contributed by atoms with Crippen LogP contribution in [-0.4, -0.2) is 35.4 Å². The van der Waals surface area contributed by atoms with Gasteiger partial charge in [0.25, 0.3) is 11.8 Å². The second-order valence-corrected chi connectivity index (χ2v) is 8.75. The van der Waals surface area contributed by atoms with Crippen LogP contribution in [-0.2, 0) is 17.5 Å². The molecule has 0 unspecified atom stereocenters. The predicted octanol–water partition coefficient (Wildman–Crippen LogP) is 5.71. The van der Waals surface area contributed by atoms with Crippen molar-refractivity contribution in [3.63, 3.8) is 0 Å². The molecule has 2 aromatic carbocycles. The number of nitrogens with one attached hydrogen (secondary N) is 3. The van der Waals surface area contributed by atoms with Crippen LogP contribution in [0.5, 0.6) is 0 Å². The number of rotatable bonds is 7. The Morgan fingerprint density at radius 1 is 1.08 bits per heavy atom. The number of carbonyl (C=O) groups excluding carboxylic acids is 2. The molecule has 11 heteroatoms. The average molecular weight is 525 g/mol. The summed E-state index contributed by atoms with van der Waals surface area (Å²) in [5.74, 6) is -0.395. The fourth-order valence-corrected chi connectivity index (χ4v) is 4.47. The number of fused-ring (bicyclic) bond motifs is 1. The smallest absolute Gasteiger partial charge is 0.377 e. The summed E-state index contributed by atoms with van der Waals surface area (Å²) in [5.41, 5.74) is -0.291. The molecule has 4 rings (SSSR count). The minimum Gasteiger partial charge on any atom is -0.377 e. The largest absolute Gasteiger partial charge is 0.417 e. The van der Waals surface area contributed by atoms with Crippen molar-refractivity contribution in [2.24, 2.45) is 5.92 Å². The number of methoxy groups -OCH3 is 1. The van der Waals surface area contributed by atoms with Gasteiger partial charge in [-0.25, -0.2) is 4.98 Å². The van der Waals surface area contributed by atoms with Crippen LogP contribution in [0.25, 0.3) is 11.0 Å². The van der Waals surface area contributed by atoms with E-state index >= 15 is 0 Å². The monoisotopic (exact) mass is 524 g/mol. The van der Waals surface area contributed by atoms with Gasteiger partial charge < -0.3 is 20.4 Å². The highest BCUT2D eigenvalue weighted by Crippen LogP contribution is 2.32. The molecular formula is C25H28ClF3N4O3. The van der Waals surface area contributed by atoms with Crippen molar-refractivity contribution < 1.29 is 27.5 Å².